The Hall–Kier alpha value is -1.24. The Labute approximate surface area is 155 Å². The zero-order valence-electron chi connectivity index (χ0n) is 14.9. The van der Waals surface area contributed by atoms with Gasteiger partial charge in [-0.25, -0.2) is 4.79 Å². The highest BCUT2D eigenvalue weighted by Crippen LogP contribution is 2.18. The van der Waals surface area contributed by atoms with Crippen LogP contribution in [0.1, 0.15) is 12.0 Å². The number of morpholine rings is 1. The van der Waals surface area contributed by atoms with Gasteiger partial charge in [-0.15, -0.1) is 0 Å². The van der Waals surface area contributed by atoms with Crippen molar-refractivity contribution in [2.45, 2.75) is 18.9 Å². The van der Waals surface area contributed by atoms with Crippen molar-refractivity contribution in [3.63, 3.8) is 0 Å². The van der Waals surface area contributed by atoms with Gasteiger partial charge in [0.05, 0.1) is 19.3 Å². The Morgan fingerprint density at radius 1 is 1.20 bits per heavy atom. The van der Waals surface area contributed by atoms with Gasteiger partial charge in [-0.05, 0) is 24.2 Å². The largest absolute Gasteiger partial charge is 0.379 e. The highest BCUT2D eigenvalue weighted by Gasteiger charge is 2.27. The number of rotatable bonds is 5. The molecule has 138 valence electrons. The maximum atomic E-state index is 12.8. The molecule has 0 spiro atoms. The number of nitrogens with one attached hydrogen (secondary N) is 1. The summed E-state index contributed by atoms with van der Waals surface area (Å²) in [5.74, 6) is 2.18. The molecule has 0 saturated carbocycles. The number of urea groups is 1. The van der Waals surface area contributed by atoms with E-state index in [1.165, 1.54) is 5.56 Å². The molecular weight excluding hydrogens is 334 g/mol. The molecule has 2 amide bonds. The number of ether oxygens (including phenoxy) is 1. The fourth-order valence-corrected chi connectivity index (χ4v) is 4.45. The number of hydrogen-bond acceptors (Lipinski definition) is 4. The molecule has 0 aromatic heterocycles. The summed E-state index contributed by atoms with van der Waals surface area (Å²) in [7, 11) is 0. The first-order chi connectivity index (χ1) is 12.3. The molecule has 1 unspecified atom stereocenters. The first-order valence-electron chi connectivity index (χ1n) is 9.29. The molecule has 0 radical (unpaired) electrons. The Bertz CT molecular complexity index is 523. The number of thioether (sulfide) groups is 1. The van der Waals surface area contributed by atoms with Gasteiger partial charge in [0.1, 0.15) is 0 Å². The quantitative estimate of drug-likeness (QED) is 0.870. The second-order valence-corrected chi connectivity index (χ2v) is 7.81. The minimum Gasteiger partial charge on any atom is -0.379 e. The smallest absolute Gasteiger partial charge is 0.317 e. The van der Waals surface area contributed by atoms with Crippen LogP contribution in [0.3, 0.4) is 0 Å². The Kier molecular flexibility index (Phi) is 7.45. The Morgan fingerprint density at radius 3 is 2.80 bits per heavy atom. The van der Waals surface area contributed by atoms with E-state index in [1.54, 1.807) is 0 Å². The van der Waals surface area contributed by atoms with Crippen LogP contribution < -0.4 is 5.32 Å². The van der Waals surface area contributed by atoms with Crippen LogP contribution >= 0.6 is 11.8 Å². The van der Waals surface area contributed by atoms with E-state index in [1.807, 2.05) is 30.0 Å². The van der Waals surface area contributed by atoms with Crippen molar-refractivity contribution < 1.29 is 9.53 Å². The molecule has 2 fully saturated rings. The minimum atomic E-state index is 0.0942. The zero-order valence-corrected chi connectivity index (χ0v) is 15.7. The van der Waals surface area contributed by atoms with Gasteiger partial charge in [0.15, 0.2) is 0 Å². The molecule has 0 aliphatic carbocycles. The molecule has 1 aromatic carbocycles. The zero-order chi connectivity index (χ0) is 17.3. The Morgan fingerprint density at radius 2 is 2.00 bits per heavy atom. The molecule has 3 rings (SSSR count). The van der Waals surface area contributed by atoms with Gasteiger partial charge < -0.3 is 15.0 Å². The summed E-state index contributed by atoms with van der Waals surface area (Å²) in [5, 5.41) is 3.13. The number of carbonyl (C=O) groups excluding carboxylic acids is 1. The summed E-state index contributed by atoms with van der Waals surface area (Å²) in [6.45, 7) is 6.08. The van der Waals surface area contributed by atoms with Crippen molar-refractivity contribution in [2.24, 2.45) is 0 Å². The van der Waals surface area contributed by atoms with Gasteiger partial charge in [0.25, 0.3) is 0 Å². The first kappa shape index (κ1) is 18.5. The molecule has 2 aliphatic rings. The van der Waals surface area contributed by atoms with E-state index in [4.69, 9.17) is 4.74 Å². The molecule has 2 aliphatic heterocycles. The SMILES string of the molecule is O=C(NCCc1ccccc1)N1CCCSCC1CN1CCOCC1. The van der Waals surface area contributed by atoms with E-state index < -0.39 is 0 Å². The van der Waals surface area contributed by atoms with Crippen molar-refractivity contribution in [3.05, 3.63) is 35.9 Å². The number of carbonyl (C=O) groups is 1. The van der Waals surface area contributed by atoms with E-state index in [0.29, 0.717) is 12.6 Å². The maximum Gasteiger partial charge on any atom is 0.317 e. The predicted molar refractivity (Wildman–Crippen MR) is 103 cm³/mol. The van der Waals surface area contributed by atoms with Crippen molar-refractivity contribution in [2.75, 3.05) is 57.4 Å². The van der Waals surface area contributed by atoms with Crippen LogP contribution in [0.15, 0.2) is 30.3 Å². The number of amides is 2. The van der Waals surface area contributed by atoms with Gasteiger partial charge in [0.2, 0.25) is 0 Å². The predicted octanol–water partition coefficient (Wildman–Crippen LogP) is 2.08. The van der Waals surface area contributed by atoms with Crippen LogP contribution in [0, 0.1) is 0 Å². The fourth-order valence-electron chi connectivity index (χ4n) is 3.39. The van der Waals surface area contributed by atoms with E-state index in [2.05, 4.69) is 27.2 Å². The topological polar surface area (TPSA) is 44.8 Å². The average Bonchev–Trinajstić information content (AvgIpc) is 2.89. The van der Waals surface area contributed by atoms with Crippen molar-refractivity contribution in [1.29, 1.82) is 0 Å². The molecule has 1 atom stereocenters. The van der Waals surface area contributed by atoms with Gasteiger partial charge in [-0.2, -0.15) is 11.8 Å². The molecule has 25 heavy (non-hydrogen) atoms. The van der Waals surface area contributed by atoms with E-state index in [9.17, 15) is 4.79 Å². The van der Waals surface area contributed by atoms with Crippen LogP contribution in [0.4, 0.5) is 4.79 Å². The Balaban J connectivity index is 1.51. The summed E-state index contributed by atoms with van der Waals surface area (Å²) < 4.78 is 5.44. The summed E-state index contributed by atoms with van der Waals surface area (Å²) in [6.07, 6.45) is 1.96. The minimum absolute atomic E-state index is 0.0942. The fraction of sp³-hybridized carbons (Fsp3) is 0.632. The van der Waals surface area contributed by atoms with Gasteiger partial charge >= 0.3 is 6.03 Å². The van der Waals surface area contributed by atoms with Crippen molar-refractivity contribution >= 4 is 17.8 Å². The second-order valence-electron chi connectivity index (χ2n) is 6.66. The van der Waals surface area contributed by atoms with Gasteiger partial charge in [-0.3, -0.25) is 4.90 Å². The summed E-state index contributed by atoms with van der Waals surface area (Å²) in [5.41, 5.74) is 1.26. The van der Waals surface area contributed by atoms with Gasteiger partial charge in [0, 0.05) is 38.5 Å². The number of nitrogens with zero attached hydrogens (tertiary/aromatic N) is 2. The molecule has 2 heterocycles. The molecule has 2 saturated heterocycles. The molecule has 1 N–H and O–H groups in total. The first-order valence-corrected chi connectivity index (χ1v) is 10.4. The van der Waals surface area contributed by atoms with E-state index >= 15 is 0 Å². The summed E-state index contributed by atoms with van der Waals surface area (Å²) in [6, 6.07) is 10.7. The third kappa shape index (κ3) is 5.90. The van der Waals surface area contributed by atoms with Crippen LogP contribution in [-0.2, 0) is 11.2 Å². The molecule has 5 nitrogen and oxygen atoms in total. The lowest BCUT2D eigenvalue weighted by Crippen LogP contribution is -2.53. The summed E-state index contributed by atoms with van der Waals surface area (Å²) >= 11 is 1.97. The lowest BCUT2D eigenvalue weighted by Gasteiger charge is -2.35. The lowest BCUT2D eigenvalue weighted by atomic mass is 10.1. The van der Waals surface area contributed by atoms with Crippen molar-refractivity contribution in [3.8, 4) is 0 Å². The monoisotopic (exact) mass is 363 g/mol. The van der Waals surface area contributed by atoms with E-state index in [-0.39, 0.29) is 6.03 Å². The maximum absolute atomic E-state index is 12.8. The third-order valence-corrected chi connectivity index (χ3v) is 6.00. The van der Waals surface area contributed by atoms with E-state index in [0.717, 1.165) is 63.7 Å². The molecule has 1 aromatic rings. The third-order valence-electron chi connectivity index (χ3n) is 4.80. The number of benzene rings is 1. The molecule has 0 bridgehead atoms. The second kappa shape index (κ2) is 10.0. The van der Waals surface area contributed by atoms with Crippen LogP contribution in [0.2, 0.25) is 0 Å². The van der Waals surface area contributed by atoms with Crippen molar-refractivity contribution in [1.82, 2.24) is 15.1 Å². The standard InChI is InChI=1S/C19H29N3O2S/c23-19(20-8-7-17-5-2-1-3-6-17)22-9-4-14-25-16-18(22)15-21-10-12-24-13-11-21/h1-3,5-6,18H,4,7-16H2,(H,20,23). The highest BCUT2D eigenvalue weighted by molar-refractivity contribution is 7.99. The molecular formula is C19H29N3O2S. The van der Waals surface area contributed by atoms with Gasteiger partial charge in [-0.1, -0.05) is 30.3 Å². The van der Waals surface area contributed by atoms with Crippen LogP contribution in [-0.4, -0.2) is 79.3 Å². The van der Waals surface area contributed by atoms with Crippen LogP contribution in [0.25, 0.3) is 0 Å². The molecule has 6 heteroatoms. The number of hydrogen-bond donors (Lipinski definition) is 1. The summed E-state index contributed by atoms with van der Waals surface area (Å²) in [4.78, 5) is 17.3. The average molecular weight is 364 g/mol. The normalized spacial score (nSPS) is 22.4. The van der Waals surface area contributed by atoms with Crippen LogP contribution in [0.5, 0.6) is 0 Å². The highest BCUT2D eigenvalue weighted by atomic mass is 32.2. The lowest BCUT2D eigenvalue weighted by molar-refractivity contribution is 0.0284.